The van der Waals surface area contributed by atoms with Gasteiger partial charge < -0.3 is 4.98 Å². The number of allylic oxidation sites excluding steroid dienone is 2. The molecule has 0 spiro atoms. The normalized spacial score (nSPS) is 9.91. The minimum atomic E-state index is 0.114. The molecule has 0 aliphatic heterocycles. The molecular weight excluding hydrogens is 274 g/mol. The number of H-pyrrole nitrogens is 1. The molecule has 5 nitrogen and oxygen atoms in total. The highest BCUT2D eigenvalue weighted by atomic mass is 14.8. The van der Waals surface area contributed by atoms with E-state index in [2.05, 4.69) is 15.0 Å². The zero-order valence-corrected chi connectivity index (χ0v) is 11.6. The molecule has 3 rings (SSSR count). The Balaban J connectivity index is 2.02. The van der Waals surface area contributed by atoms with Gasteiger partial charge in [-0.3, -0.25) is 4.98 Å². The second-order valence-electron chi connectivity index (χ2n) is 4.69. The molecule has 0 aliphatic rings. The smallest absolute Gasteiger partial charge is 0.137 e. The quantitative estimate of drug-likeness (QED) is 0.748. The Morgan fingerprint density at radius 3 is 2.82 bits per heavy atom. The molecule has 0 bridgehead atoms. The van der Waals surface area contributed by atoms with Crippen molar-refractivity contribution in [2.75, 3.05) is 0 Å². The van der Waals surface area contributed by atoms with Gasteiger partial charge in [0.1, 0.15) is 23.4 Å². The molecule has 5 heteroatoms. The molecule has 3 aromatic rings. The van der Waals surface area contributed by atoms with E-state index in [1.165, 1.54) is 0 Å². The third kappa shape index (κ3) is 2.56. The molecule has 0 atom stereocenters. The van der Waals surface area contributed by atoms with E-state index >= 15 is 0 Å². The second-order valence-corrected chi connectivity index (χ2v) is 4.69. The predicted molar refractivity (Wildman–Crippen MR) is 82.3 cm³/mol. The standard InChI is InChI=1S/C17H11N5/c18-8-12(9-19)4-5-13-10-21-17-15(13)7-14(11-22-17)16-3-1-2-6-20-16/h1-4,6-7,10-11H,5H2,(H,21,22). The summed E-state index contributed by atoms with van der Waals surface area (Å²) >= 11 is 0. The van der Waals surface area contributed by atoms with Crippen molar-refractivity contribution in [2.45, 2.75) is 6.42 Å². The molecule has 0 saturated carbocycles. The van der Waals surface area contributed by atoms with Gasteiger partial charge in [0.2, 0.25) is 0 Å². The lowest BCUT2D eigenvalue weighted by atomic mass is 10.1. The van der Waals surface area contributed by atoms with Gasteiger partial charge in [0, 0.05) is 29.5 Å². The molecule has 0 amide bonds. The number of fused-ring (bicyclic) bond motifs is 1. The van der Waals surface area contributed by atoms with E-state index < -0.39 is 0 Å². The first kappa shape index (κ1) is 13.5. The van der Waals surface area contributed by atoms with Crippen molar-refractivity contribution >= 4 is 11.0 Å². The molecule has 0 aliphatic carbocycles. The second kappa shape index (κ2) is 5.90. The monoisotopic (exact) mass is 285 g/mol. The van der Waals surface area contributed by atoms with Gasteiger partial charge in [-0.25, -0.2) is 4.98 Å². The Kier molecular flexibility index (Phi) is 3.63. The van der Waals surface area contributed by atoms with E-state index in [9.17, 15) is 0 Å². The Labute approximate surface area is 127 Å². The van der Waals surface area contributed by atoms with Crippen LogP contribution >= 0.6 is 0 Å². The molecule has 0 fully saturated rings. The Bertz CT molecular complexity index is 907. The van der Waals surface area contributed by atoms with Crippen molar-refractivity contribution in [1.29, 1.82) is 10.5 Å². The maximum absolute atomic E-state index is 8.79. The van der Waals surface area contributed by atoms with E-state index in [1.54, 1.807) is 18.5 Å². The molecule has 22 heavy (non-hydrogen) atoms. The molecular formula is C17H11N5. The van der Waals surface area contributed by atoms with Crippen LogP contribution in [0.2, 0.25) is 0 Å². The SMILES string of the molecule is N#CC(C#N)=CCc1c[nH]c2ncc(-c3ccccn3)cc12. The summed E-state index contributed by atoms with van der Waals surface area (Å²) in [6, 6.07) is 11.5. The van der Waals surface area contributed by atoms with Crippen LogP contribution in [0.25, 0.3) is 22.3 Å². The van der Waals surface area contributed by atoms with Crippen LogP contribution in [0.5, 0.6) is 0 Å². The first-order valence-electron chi connectivity index (χ1n) is 6.69. The van der Waals surface area contributed by atoms with Crippen molar-refractivity contribution < 1.29 is 0 Å². The fourth-order valence-electron chi connectivity index (χ4n) is 2.23. The minimum absolute atomic E-state index is 0.114. The summed E-state index contributed by atoms with van der Waals surface area (Å²) < 4.78 is 0. The summed E-state index contributed by atoms with van der Waals surface area (Å²) in [4.78, 5) is 11.8. The molecule has 0 saturated heterocycles. The summed E-state index contributed by atoms with van der Waals surface area (Å²) in [6.07, 6.45) is 7.49. The molecule has 0 unspecified atom stereocenters. The maximum atomic E-state index is 8.79. The molecule has 104 valence electrons. The van der Waals surface area contributed by atoms with E-state index in [1.807, 2.05) is 42.6 Å². The van der Waals surface area contributed by atoms with Crippen molar-refractivity contribution in [2.24, 2.45) is 0 Å². The molecule has 3 heterocycles. The molecule has 0 radical (unpaired) electrons. The van der Waals surface area contributed by atoms with Crippen LogP contribution in [0.4, 0.5) is 0 Å². The number of aromatic nitrogens is 3. The van der Waals surface area contributed by atoms with Gasteiger partial charge in [-0.15, -0.1) is 0 Å². The van der Waals surface area contributed by atoms with Crippen LogP contribution < -0.4 is 0 Å². The molecule has 3 aromatic heterocycles. The van der Waals surface area contributed by atoms with Gasteiger partial charge in [-0.05, 0) is 30.2 Å². The lowest BCUT2D eigenvalue weighted by molar-refractivity contribution is 1.26. The largest absolute Gasteiger partial charge is 0.346 e. The average Bonchev–Trinajstić information content (AvgIpc) is 2.99. The zero-order chi connectivity index (χ0) is 15.4. The van der Waals surface area contributed by atoms with Crippen LogP contribution in [0, 0.1) is 22.7 Å². The number of hydrogen-bond donors (Lipinski definition) is 1. The van der Waals surface area contributed by atoms with Gasteiger partial charge in [0.25, 0.3) is 0 Å². The van der Waals surface area contributed by atoms with Crippen molar-refractivity contribution in [3.63, 3.8) is 0 Å². The van der Waals surface area contributed by atoms with Gasteiger partial charge >= 0.3 is 0 Å². The summed E-state index contributed by atoms with van der Waals surface area (Å²) in [5.74, 6) is 0. The summed E-state index contributed by atoms with van der Waals surface area (Å²) in [5.41, 5.74) is 3.66. The number of pyridine rings is 2. The van der Waals surface area contributed by atoms with E-state index in [-0.39, 0.29) is 5.57 Å². The zero-order valence-electron chi connectivity index (χ0n) is 11.6. The fourth-order valence-corrected chi connectivity index (χ4v) is 2.23. The number of nitrogens with zero attached hydrogens (tertiary/aromatic N) is 4. The van der Waals surface area contributed by atoms with Crippen LogP contribution in [-0.4, -0.2) is 15.0 Å². The van der Waals surface area contributed by atoms with Gasteiger partial charge in [0.05, 0.1) is 5.69 Å². The van der Waals surface area contributed by atoms with E-state index in [0.29, 0.717) is 6.42 Å². The highest BCUT2D eigenvalue weighted by Crippen LogP contribution is 2.23. The van der Waals surface area contributed by atoms with Crippen LogP contribution in [0.15, 0.2) is 54.5 Å². The maximum Gasteiger partial charge on any atom is 0.137 e. The predicted octanol–water partition coefficient (Wildman–Crippen LogP) is 3.14. The topological polar surface area (TPSA) is 89.1 Å². The van der Waals surface area contributed by atoms with Gasteiger partial charge in [-0.1, -0.05) is 12.1 Å². The van der Waals surface area contributed by atoms with Crippen LogP contribution in [0.3, 0.4) is 0 Å². The third-order valence-electron chi connectivity index (χ3n) is 3.34. The Hall–Kier alpha value is -3.44. The Morgan fingerprint density at radius 2 is 2.09 bits per heavy atom. The average molecular weight is 285 g/mol. The lowest BCUT2D eigenvalue weighted by Gasteiger charge is -2.01. The van der Waals surface area contributed by atoms with Crippen LogP contribution in [-0.2, 0) is 6.42 Å². The summed E-state index contributed by atoms with van der Waals surface area (Å²) in [5, 5.41) is 18.6. The minimum Gasteiger partial charge on any atom is -0.346 e. The highest BCUT2D eigenvalue weighted by molar-refractivity contribution is 5.84. The first-order chi connectivity index (χ1) is 10.8. The number of rotatable bonds is 3. The molecule has 1 N–H and O–H groups in total. The van der Waals surface area contributed by atoms with E-state index in [4.69, 9.17) is 10.5 Å². The third-order valence-corrected chi connectivity index (χ3v) is 3.34. The molecule has 0 aromatic carbocycles. The summed E-state index contributed by atoms with van der Waals surface area (Å²) in [7, 11) is 0. The number of nitriles is 2. The van der Waals surface area contributed by atoms with Crippen LogP contribution in [0.1, 0.15) is 5.56 Å². The lowest BCUT2D eigenvalue weighted by Crippen LogP contribution is -1.86. The van der Waals surface area contributed by atoms with Gasteiger partial charge in [-0.2, -0.15) is 10.5 Å². The van der Waals surface area contributed by atoms with Gasteiger partial charge in [0.15, 0.2) is 0 Å². The van der Waals surface area contributed by atoms with E-state index in [0.717, 1.165) is 27.9 Å². The van der Waals surface area contributed by atoms with Crippen molar-refractivity contribution in [3.05, 3.63) is 60.1 Å². The van der Waals surface area contributed by atoms with Crippen molar-refractivity contribution in [3.8, 4) is 23.4 Å². The van der Waals surface area contributed by atoms with Crippen molar-refractivity contribution in [1.82, 2.24) is 15.0 Å². The fraction of sp³-hybridized carbons (Fsp3) is 0.0588. The highest BCUT2D eigenvalue weighted by Gasteiger charge is 2.07. The first-order valence-corrected chi connectivity index (χ1v) is 6.69. The Morgan fingerprint density at radius 1 is 1.23 bits per heavy atom. The number of nitrogens with one attached hydrogen (secondary N) is 1. The summed E-state index contributed by atoms with van der Waals surface area (Å²) in [6.45, 7) is 0. The number of aromatic amines is 1. The number of hydrogen-bond acceptors (Lipinski definition) is 4.